The minimum Gasteiger partial charge on any atom is -0.366 e. The molecule has 0 radical (unpaired) electrons. The van der Waals surface area contributed by atoms with Gasteiger partial charge in [0.25, 0.3) is 0 Å². The van der Waals surface area contributed by atoms with E-state index in [1.165, 1.54) is 6.42 Å². The molecule has 0 unspecified atom stereocenters. The zero-order chi connectivity index (χ0) is 18.8. The number of nitrogens with zero attached hydrogens (tertiary/aromatic N) is 5. The third-order valence-corrected chi connectivity index (χ3v) is 5.40. The molecule has 2 aliphatic heterocycles. The number of pyridine rings is 1. The minimum atomic E-state index is 0.0885. The average Bonchev–Trinajstić information content (AvgIpc) is 2.68. The largest absolute Gasteiger partial charge is 0.366 e. The van der Waals surface area contributed by atoms with Crippen LogP contribution in [0.3, 0.4) is 0 Å². The lowest BCUT2D eigenvalue weighted by atomic mass is 10.0. The van der Waals surface area contributed by atoms with Crippen molar-refractivity contribution in [2.75, 3.05) is 32.0 Å². The van der Waals surface area contributed by atoms with Crippen LogP contribution in [0.1, 0.15) is 31.0 Å². The van der Waals surface area contributed by atoms with Gasteiger partial charge in [0.05, 0.1) is 12.2 Å². The van der Waals surface area contributed by atoms with Gasteiger partial charge in [-0.2, -0.15) is 0 Å². The molecule has 0 bridgehead atoms. The molecule has 0 saturated carbocycles. The highest BCUT2D eigenvalue weighted by Gasteiger charge is 2.26. The first-order chi connectivity index (χ1) is 13.1. The lowest BCUT2D eigenvalue weighted by Gasteiger charge is -2.33. The zero-order valence-corrected chi connectivity index (χ0v) is 16.0. The Bertz CT molecular complexity index is 825. The van der Waals surface area contributed by atoms with Crippen molar-refractivity contribution in [3.05, 3.63) is 35.8 Å². The standard InChI is InChI=1S/C20H26N6O/c1-14(27)26-10-7-17-18(13-26)23-19(15-5-3-8-21-11-15)24-20(17)22-16-6-4-9-25(2)12-16/h3,5,8,11,16H,4,6-7,9-10,12-13H2,1-2H3,(H,22,23,24)/t16-/m0/s1. The Labute approximate surface area is 159 Å². The van der Waals surface area contributed by atoms with E-state index in [1.54, 1.807) is 19.3 Å². The molecule has 4 heterocycles. The quantitative estimate of drug-likeness (QED) is 0.895. The van der Waals surface area contributed by atoms with Crippen molar-refractivity contribution >= 4 is 11.7 Å². The Morgan fingerprint density at radius 1 is 1.30 bits per heavy atom. The molecule has 1 amide bonds. The van der Waals surface area contributed by atoms with Crippen LogP contribution in [-0.4, -0.2) is 63.4 Å². The summed E-state index contributed by atoms with van der Waals surface area (Å²) in [5.74, 6) is 1.67. The van der Waals surface area contributed by atoms with Gasteiger partial charge >= 0.3 is 0 Å². The third kappa shape index (κ3) is 3.93. The lowest BCUT2D eigenvalue weighted by Crippen LogP contribution is -2.41. The molecule has 2 aromatic heterocycles. The third-order valence-electron chi connectivity index (χ3n) is 5.40. The highest BCUT2D eigenvalue weighted by Crippen LogP contribution is 2.28. The van der Waals surface area contributed by atoms with E-state index in [0.717, 1.165) is 55.1 Å². The van der Waals surface area contributed by atoms with Gasteiger partial charge in [0, 0.05) is 49.6 Å². The molecule has 142 valence electrons. The SMILES string of the molecule is CC(=O)N1CCc2c(nc(-c3cccnc3)nc2N[C@H]2CCCN(C)C2)C1. The van der Waals surface area contributed by atoms with Gasteiger partial charge in [-0.1, -0.05) is 0 Å². The summed E-state index contributed by atoms with van der Waals surface area (Å²) in [5, 5.41) is 3.68. The number of likely N-dealkylation sites (tertiary alicyclic amines) is 1. The fraction of sp³-hybridized carbons (Fsp3) is 0.500. The molecule has 4 rings (SSSR count). The van der Waals surface area contributed by atoms with Crippen LogP contribution in [0.2, 0.25) is 0 Å². The van der Waals surface area contributed by atoms with Crippen LogP contribution in [0, 0.1) is 0 Å². The van der Waals surface area contributed by atoms with E-state index in [2.05, 4.69) is 22.2 Å². The normalized spacial score (nSPS) is 20.2. The predicted molar refractivity (Wildman–Crippen MR) is 104 cm³/mol. The van der Waals surface area contributed by atoms with E-state index < -0.39 is 0 Å². The predicted octanol–water partition coefficient (Wildman–Crippen LogP) is 1.95. The van der Waals surface area contributed by atoms with E-state index >= 15 is 0 Å². The van der Waals surface area contributed by atoms with Crippen molar-refractivity contribution in [1.29, 1.82) is 0 Å². The number of carbonyl (C=O) groups is 1. The molecule has 7 heteroatoms. The summed E-state index contributed by atoms with van der Waals surface area (Å²) < 4.78 is 0. The Morgan fingerprint density at radius 2 is 2.19 bits per heavy atom. The van der Waals surface area contributed by atoms with Crippen LogP contribution in [0.4, 0.5) is 5.82 Å². The van der Waals surface area contributed by atoms with E-state index in [0.29, 0.717) is 18.4 Å². The monoisotopic (exact) mass is 366 g/mol. The van der Waals surface area contributed by atoms with Crippen molar-refractivity contribution < 1.29 is 4.79 Å². The number of aromatic nitrogens is 3. The average molecular weight is 366 g/mol. The van der Waals surface area contributed by atoms with E-state index in [4.69, 9.17) is 9.97 Å². The van der Waals surface area contributed by atoms with Gasteiger partial charge < -0.3 is 15.1 Å². The van der Waals surface area contributed by atoms with Crippen molar-refractivity contribution in [2.24, 2.45) is 0 Å². The van der Waals surface area contributed by atoms with Crippen LogP contribution in [0.25, 0.3) is 11.4 Å². The summed E-state index contributed by atoms with van der Waals surface area (Å²) >= 11 is 0. The van der Waals surface area contributed by atoms with Crippen molar-refractivity contribution in [3.8, 4) is 11.4 Å². The van der Waals surface area contributed by atoms with Crippen molar-refractivity contribution in [3.63, 3.8) is 0 Å². The van der Waals surface area contributed by atoms with E-state index in [-0.39, 0.29) is 5.91 Å². The molecule has 27 heavy (non-hydrogen) atoms. The zero-order valence-electron chi connectivity index (χ0n) is 16.0. The summed E-state index contributed by atoms with van der Waals surface area (Å²) in [4.78, 5) is 29.9. The number of likely N-dealkylation sites (N-methyl/N-ethyl adjacent to an activating group) is 1. The molecule has 1 N–H and O–H groups in total. The number of fused-ring (bicyclic) bond motifs is 1. The fourth-order valence-electron chi connectivity index (χ4n) is 3.92. The molecule has 1 atom stereocenters. The molecule has 7 nitrogen and oxygen atoms in total. The fourth-order valence-corrected chi connectivity index (χ4v) is 3.92. The van der Waals surface area contributed by atoms with Crippen LogP contribution in [0.15, 0.2) is 24.5 Å². The molecule has 1 saturated heterocycles. The maximum atomic E-state index is 11.9. The second kappa shape index (κ2) is 7.60. The molecular weight excluding hydrogens is 340 g/mol. The van der Waals surface area contributed by atoms with Gasteiger partial charge in [-0.3, -0.25) is 9.78 Å². The Morgan fingerprint density at radius 3 is 2.93 bits per heavy atom. The molecule has 2 aromatic rings. The number of amides is 1. The van der Waals surface area contributed by atoms with Gasteiger partial charge in [0.1, 0.15) is 5.82 Å². The van der Waals surface area contributed by atoms with Crippen LogP contribution < -0.4 is 5.32 Å². The highest BCUT2D eigenvalue weighted by atomic mass is 16.2. The molecule has 0 spiro atoms. The maximum absolute atomic E-state index is 11.9. The number of nitrogens with one attached hydrogen (secondary N) is 1. The van der Waals surface area contributed by atoms with Crippen LogP contribution in [-0.2, 0) is 17.8 Å². The maximum Gasteiger partial charge on any atom is 0.219 e. The van der Waals surface area contributed by atoms with Gasteiger partial charge in [-0.25, -0.2) is 9.97 Å². The second-order valence-electron chi connectivity index (χ2n) is 7.50. The van der Waals surface area contributed by atoms with E-state index in [9.17, 15) is 4.79 Å². The molecule has 0 aliphatic carbocycles. The molecular formula is C20H26N6O. The number of anilines is 1. The van der Waals surface area contributed by atoms with E-state index in [1.807, 2.05) is 17.0 Å². The molecule has 1 fully saturated rings. The molecule has 0 aromatic carbocycles. The number of piperidine rings is 1. The highest BCUT2D eigenvalue weighted by molar-refractivity contribution is 5.74. The first-order valence-electron chi connectivity index (χ1n) is 9.61. The summed E-state index contributed by atoms with van der Waals surface area (Å²) in [7, 11) is 2.16. The Balaban J connectivity index is 1.70. The van der Waals surface area contributed by atoms with Gasteiger partial charge in [0.15, 0.2) is 5.82 Å². The number of hydrogen-bond donors (Lipinski definition) is 1. The Hall–Kier alpha value is -2.54. The smallest absolute Gasteiger partial charge is 0.219 e. The van der Waals surface area contributed by atoms with Gasteiger partial charge in [0.2, 0.25) is 5.91 Å². The van der Waals surface area contributed by atoms with Gasteiger partial charge in [-0.15, -0.1) is 0 Å². The topological polar surface area (TPSA) is 74.2 Å². The minimum absolute atomic E-state index is 0.0885. The van der Waals surface area contributed by atoms with Crippen LogP contribution in [0.5, 0.6) is 0 Å². The first kappa shape index (κ1) is 17.9. The summed E-state index contributed by atoms with van der Waals surface area (Å²) in [5.41, 5.74) is 2.98. The second-order valence-corrected chi connectivity index (χ2v) is 7.50. The summed E-state index contributed by atoms with van der Waals surface area (Å²) in [6, 6.07) is 4.25. The number of rotatable bonds is 3. The first-order valence-corrected chi connectivity index (χ1v) is 9.61. The summed E-state index contributed by atoms with van der Waals surface area (Å²) in [6.07, 6.45) is 6.65. The van der Waals surface area contributed by atoms with Crippen LogP contribution >= 0.6 is 0 Å². The number of carbonyl (C=O) groups excluding carboxylic acids is 1. The lowest BCUT2D eigenvalue weighted by molar-refractivity contribution is -0.129. The van der Waals surface area contributed by atoms with Crippen molar-refractivity contribution in [1.82, 2.24) is 24.8 Å². The van der Waals surface area contributed by atoms with Gasteiger partial charge in [-0.05, 0) is 45.0 Å². The Kier molecular flexibility index (Phi) is 5.03. The van der Waals surface area contributed by atoms with Crippen molar-refractivity contribution in [2.45, 2.75) is 38.8 Å². The summed E-state index contributed by atoms with van der Waals surface area (Å²) in [6.45, 7) is 5.04. The molecule has 2 aliphatic rings. The number of hydrogen-bond acceptors (Lipinski definition) is 6.